The summed E-state index contributed by atoms with van der Waals surface area (Å²) in [4.78, 5) is 14.5. The molecule has 15 heavy (non-hydrogen) atoms. The van der Waals surface area contributed by atoms with Crippen molar-refractivity contribution < 1.29 is 14.3 Å². The molecule has 0 unspecified atom stereocenters. The zero-order valence-corrected chi connectivity index (χ0v) is 9.28. The Morgan fingerprint density at radius 3 is 2.53 bits per heavy atom. The topological polar surface area (TPSA) is 47.9 Å². The number of benzene rings is 1. The second kappa shape index (κ2) is 6.08. The third kappa shape index (κ3) is 4.03. The highest BCUT2D eigenvalue weighted by molar-refractivity contribution is 8.13. The average molecular weight is 225 g/mol. The number of carbonyl (C=O) groups excluding carboxylic acids is 1. The molecule has 0 N–H and O–H groups in total. The van der Waals surface area contributed by atoms with E-state index < -0.39 is 6.09 Å². The van der Waals surface area contributed by atoms with Crippen LogP contribution >= 0.6 is 11.8 Å². The SMILES string of the molecule is COC(=O)/N=C(\Oc1ccccc1)SC. The van der Waals surface area contributed by atoms with E-state index in [1.807, 2.05) is 18.2 Å². The molecule has 4 nitrogen and oxygen atoms in total. The van der Waals surface area contributed by atoms with Gasteiger partial charge < -0.3 is 9.47 Å². The first-order valence-electron chi connectivity index (χ1n) is 4.20. The van der Waals surface area contributed by atoms with Gasteiger partial charge in [0.15, 0.2) is 0 Å². The normalized spacial score (nSPS) is 10.9. The average Bonchev–Trinajstić information content (AvgIpc) is 2.29. The van der Waals surface area contributed by atoms with Gasteiger partial charge in [-0.15, -0.1) is 4.99 Å². The first-order valence-corrected chi connectivity index (χ1v) is 5.42. The number of hydrogen-bond donors (Lipinski definition) is 0. The van der Waals surface area contributed by atoms with Crippen LogP contribution in [0.3, 0.4) is 0 Å². The number of nitrogens with zero attached hydrogens (tertiary/aromatic N) is 1. The van der Waals surface area contributed by atoms with Gasteiger partial charge in [-0.25, -0.2) is 4.79 Å². The van der Waals surface area contributed by atoms with Crippen molar-refractivity contribution in [1.29, 1.82) is 0 Å². The summed E-state index contributed by atoms with van der Waals surface area (Å²) in [5, 5.41) is 0.257. The van der Waals surface area contributed by atoms with Gasteiger partial charge in [0.25, 0.3) is 5.23 Å². The fourth-order valence-corrected chi connectivity index (χ4v) is 1.17. The number of amides is 1. The largest absolute Gasteiger partial charge is 0.451 e. The summed E-state index contributed by atoms with van der Waals surface area (Å²) in [5.41, 5.74) is 0. The van der Waals surface area contributed by atoms with Crippen LogP contribution in [-0.4, -0.2) is 24.7 Å². The molecule has 0 aromatic heterocycles. The van der Waals surface area contributed by atoms with Crippen LogP contribution in [0.2, 0.25) is 0 Å². The van der Waals surface area contributed by atoms with E-state index in [-0.39, 0.29) is 5.23 Å². The maximum Gasteiger partial charge on any atom is 0.437 e. The van der Waals surface area contributed by atoms with E-state index in [0.29, 0.717) is 5.75 Å². The van der Waals surface area contributed by atoms with Crippen LogP contribution in [0.1, 0.15) is 0 Å². The van der Waals surface area contributed by atoms with Crippen LogP contribution in [-0.2, 0) is 4.74 Å². The van der Waals surface area contributed by atoms with Gasteiger partial charge in [-0.1, -0.05) is 30.0 Å². The van der Waals surface area contributed by atoms with Crippen LogP contribution in [0.25, 0.3) is 0 Å². The van der Waals surface area contributed by atoms with Crippen molar-refractivity contribution in [3.63, 3.8) is 0 Å². The van der Waals surface area contributed by atoms with Gasteiger partial charge in [0, 0.05) is 0 Å². The number of ether oxygens (including phenoxy) is 2. The quantitative estimate of drug-likeness (QED) is 0.544. The Bertz CT molecular complexity index is 351. The van der Waals surface area contributed by atoms with Crippen LogP contribution in [0, 0.1) is 0 Å². The van der Waals surface area contributed by atoms with Crippen LogP contribution < -0.4 is 4.74 Å². The summed E-state index contributed by atoms with van der Waals surface area (Å²) in [6.45, 7) is 0. The summed E-state index contributed by atoms with van der Waals surface area (Å²) >= 11 is 1.24. The molecule has 80 valence electrons. The van der Waals surface area contributed by atoms with Crippen molar-refractivity contribution in [3.8, 4) is 5.75 Å². The molecule has 0 aliphatic carbocycles. The Labute approximate surface area is 92.3 Å². The van der Waals surface area contributed by atoms with E-state index in [0.717, 1.165) is 0 Å². The van der Waals surface area contributed by atoms with E-state index >= 15 is 0 Å². The molecule has 1 amide bonds. The number of methoxy groups -OCH3 is 1. The van der Waals surface area contributed by atoms with E-state index in [1.165, 1.54) is 18.9 Å². The van der Waals surface area contributed by atoms with Crippen molar-refractivity contribution in [2.24, 2.45) is 4.99 Å². The third-order valence-corrected chi connectivity index (χ3v) is 2.00. The van der Waals surface area contributed by atoms with Crippen molar-refractivity contribution in [3.05, 3.63) is 30.3 Å². The van der Waals surface area contributed by atoms with Crippen molar-refractivity contribution in [1.82, 2.24) is 0 Å². The van der Waals surface area contributed by atoms with Crippen LogP contribution in [0.5, 0.6) is 5.75 Å². The van der Waals surface area contributed by atoms with E-state index in [2.05, 4.69) is 9.73 Å². The first-order chi connectivity index (χ1) is 7.26. The molecule has 0 aliphatic heterocycles. The Balaban J connectivity index is 2.70. The molecule has 0 aliphatic rings. The Kier molecular flexibility index (Phi) is 4.70. The summed E-state index contributed by atoms with van der Waals surface area (Å²) in [7, 11) is 1.27. The van der Waals surface area contributed by atoms with Crippen molar-refractivity contribution in [2.75, 3.05) is 13.4 Å². The Morgan fingerprint density at radius 1 is 1.33 bits per heavy atom. The zero-order chi connectivity index (χ0) is 11.1. The minimum atomic E-state index is -0.671. The maximum atomic E-state index is 10.9. The Hall–Kier alpha value is -1.49. The molecule has 0 saturated heterocycles. The number of hydrogen-bond acceptors (Lipinski definition) is 4. The van der Waals surface area contributed by atoms with E-state index in [1.54, 1.807) is 18.4 Å². The molecule has 5 heteroatoms. The predicted molar refractivity (Wildman–Crippen MR) is 60.4 cm³/mol. The maximum absolute atomic E-state index is 10.9. The Morgan fingerprint density at radius 2 is 2.00 bits per heavy atom. The smallest absolute Gasteiger partial charge is 0.437 e. The number of thioether (sulfide) groups is 1. The minimum Gasteiger partial charge on any atom is -0.451 e. The lowest BCUT2D eigenvalue weighted by atomic mass is 10.3. The van der Waals surface area contributed by atoms with E-state index in [4.69, 9.17) is 4.74 Å². The molecule has 1 aromatic rings. The molecule has 0 atom stereocenters. The molecular formula is C10H11NO3S. The molecule has 0 saturated carbocycles. The molecule has 1 rings (SSSR count). The number of carbonyl (C=O) groups is 1. The summed E-state index contributed by atoms with van der Waals surface area (Å²) in [6.07, 6.45) is 1.10. The second-order valence-electron chi connectivity index (χ2n) is 2.47. The number of para-hydroxylation sites is 1. The van der Waals surface area contributed by atoms with Gasteiger partial charge in [0.1, 0.15) is 5.75 Å². The number of rotatable bonds is 1. The molecule has 0 fully saturated rings. The van der Waals surface area contributed by atoms with Gasteiger partial charge in [-0.05, 0) is 18.4 Å². The molecular weight excluding hydrogens is 214 g/mol. The number of aliphatic imine (C=N–C) groups is 1. The molecule has 0 radical (unpaired) electrons. The van der Waals surface area contributed by atoms with Gasteiger partial charge >= 0.3 is 6.09 Å². The lowest BCUT2D eigenvalue weighted by Gasteiger charge is -2.04. The summed E-state index contributed by atoms with van der Waals surface area (Å²) < 4.78 is 9.75. The molecule has 1 aromatic carbocycles. The predicted octanol–water partition coefficient (Wildman–Crippen LogP) is 2.55. The molecule has 0 spiro atoms. The van der Waals surface area contributed by atoms with Gasteiger partial charge in [0.05, 0.1) is 7.11 Å². The standard InChI is InChI=1S/C10H11NO3S/c1-13-9(12)11-10(15-2)14-8-6-4-3-5-7-8/h3-7H,1-2H3/b11-10+. The summed E-state index contributed by atoms with van der Waals surface area (Å²) in [5.74, 6) is 0.634. The highest BCUT2D eigenvalue weighted by Crippen LogP contribution is 2.12. The highest BCUT2D eigenvalue weighted by atomic mass is 32.2. The first kappa shape index (κ1) is 11.6. The van der Waals surface area contributed by atoms with E-state index in [9.17, 15) is 4.79 Å². The van der Waals surface area contributed by atoms with Crippen molar-refractivity contribution in [2.45, 2.75) is 0 Å². The van der Waals surface area contributed by atoms with Gasteiger partial charge in [-0.3, -0.25) is 0 Å². The van der Waals surface area contributed by atoms with Crippen LogP contribution in [0.4, 0.5) is 4.79 Å². The van der Waals surface area contributed by atoms with Crippen molar-refractivity contribution >= 4 is 23.1 Å². The second-order valence-corrected chi connectivity index (χ2v) is 3.22. The third-order valence-electron chi connectivity index (χ3n) is 1.48. The van der Waals surface area contributed by atoms with Gasteiger partial charge in [0.2, 0.25) is 0 Å². The van der Waals surface area contributed by atoms with Gasteiger partial charge in [-0.2, -0.15) is 0 Å². The monoisotopic (exact) mass is 225 g/mol. The fraction of sp³-hybridized carbons (Fsp3) is 0.200. The van der Waals surface area contributed by atoms with Crippen LogP contribution in [0.15, 0.2) is 35.3 Å². The lowest BCUT2D eigenvalue weighted by molar-refractivity contribution is 0.182. The fourth-order valence-electron chi connectivity index (χ4n) is 0.820. The molecule has 0 heterocycles. The molecule has 0 bridgehead atoms. The lowest BCUT2D eigenvalue weighted by Crippen LogP contribution is -2.07. The zero-order valence-electron chi connectivity index (χ0n) is 8.47. The highest BCUT2D eigenvalue weighted by Gasteiger charge is 2.04. The minimum absolute atomic E-state index is 0.257. The summed E-state index contributed by atoms with van der Waals surface area (Å²) in [6, 6.07) is 9.12.